The van der Waals surface area contributed by atoms with Crippen LogP contribution in [0.1, 0.15) is 10.4 Å². The molecule has 2 aromatic rings. The molecule has 0 amide bonds. The minimum absolute atomic E-state index is 0.230. The molecular weight excluding hydrogens is 194 g/mol. The van der Waals surface area contributed by atoms with Gasteiger partial charge < -0.3 is 5.11 Å². The van der Waals surface area contributed by atoms with Crippen LogP contribution in [0.5, 0.6) is 0 Å². The first kappa shape index (κ1) is 9.39. The van der Waals surface area contributed by atoms with Crippen LogP contribution < -0.4 is 0 Å². The fourth-order valence-corrected chi connectivity index (χ4v) is 1.40. The fraction of sp³-hybridized carbons (Fsp3) is 0.100. The Bertz CT molecular complexity index is 505. The van der Waals surface area contributed by atoms with E-state index in [1.54, 1.807) is 36.0 Å². The van der Waals surface area contributed by atoms with E-state index in [-0.39, 0.29) is 5.56 Å². The lowest BCUT2D eigenvalue weighted by atomic mass is 10.1. The first-order chi connectivity index (χ1) is 7.20. The molecule has 5 heteroatoms. The van der Waals surface area contributed by atoms with E-state index < -0.39 is 5.97 Å². The van der Waals surface area contributed by atoms with E-state index in [1.807, 2.05) is 0 Å². The number of carbonyl (C=O) groups is 1. The number of aromatic carboxylic acids is 1. The first-order valence-electron chi connectivity index (χ1n) is 4.37. The zero-order chi connectivity index (χ0) is 10.8. The van der Waals surface area contributed by atoms with E-state index in [2.05, 4.69) is 10.1 Å². The second-order valence-electron chi connectivity index (χ2n) is 3.06. The Balaban J connectivity index is 2.63. The van der Waals surface area contributed by atoms with Crippen LogP contribution in [0, 0.1) is 0 Å². The Morgan fingerprint density at radius 3 is 2.73 bits per heavy atom. The quantitative estimate of drug-likeness (QED) is 0.795. The third-order valence-corrected chi connectivity index (χ3v) is 2.11. The number of rotatable bonds is 2. The molecule has 1 N–H and O–H groups in total. The Morgan fingerprint density at radius 2 is 2.13 bits per heavy atom. The molecule has 0 saturated carbocycles. The molecular formula is C10H9N3O2. The molecule has 2 rings (SSSR count). The van der Waals surface area contributed by atoms with Gasteiger partial charge >= 0.3 is 5.97 Å². The highest BCUT2D eigenvalue weighted by molar-refractivity contribution is 5.94. The smallest absolute Gasteiger partial charge is 0.336 e. The third kappa shape index (κ3) is 1.59. The Kier molecular flexibility index (Phi) is 2.21. The van der Waals surface area contributed by atoms with E-state index in [4.69, 9.17) is 5.11 Å². The predicted octanol–water partition coefficient (Wildman–Crippen LogP) is 1.18. The number of benzene rings is 1. The molecule has 0 spiro atoms. The molecule has 1 heterocycles. The highest BCUT2D eigenvalue weighted by Crippen LogP contribution is 2.20. The van der Waals surface area contributed by atoms with Gasteiger partial charge in [-0.15, -0.1) is 0 Å². The number of nitrogens with zero attached hydrogens (tertiary/aromatic N) is 3. The number of aromatic nitrogens is 3. The van der Waals surface area contributed by atoms with Crippen LogP contribution in [-0.2, 0) is 7.05 Å². The van der Waals surface area contributed by atoms with Crippen LogP contribution in [0.3, 0.4) is 0 Å². The van der Waals surface area contributed by atoms with Crippen molar-refractivity contribution in [3.63, 3.8) is 0 Å². The van der Waals surface area contributed by atoms with Crippen LogP contribution in [0.2, 0.25) is 0 Å². The highest BCUT2D eigenvalue weighted by Gasteiger charge is 2.13. The standard InChI is InChI=1S/C10H9N3O2/c1-13-9(11-6-12-13)7-4-2-3-5-8(7)10(14)15/h2-6H,1H3,(H,14,15). The van der Waals surface area contributed by atoms with Gasteiger partial charge in [-0.1, -0.05) is 18.2 Å². The maximum atomic E-state index is 11.0. The molecule has 0 radical (unpaired) electrons. The molecule has 1 aromatic carbocycles. The average Bonchev–Trinajstić information content (AvgIpc) is 2.64. The van der Waals surface area contributed by atoms with Crippen molar-refractivity contribution in [3.8, 4) is 11.4 Å². The Labute approximate surface area is 86.0 Å². The van der Waals surface area contributed by atoms with Crippen LogP contribution in [0.25, 0.3) is 11.4 Å². The highest BCUT2D eigenvalue weighted by atomic mass is 16.4. The average molecular weight is 203 g/mol. The molecule has 76 valence electrons. The van der Waals surface area contributed by atoms with Crippen LogP contribution in [-0.4, -0.2) is 25.8 Å². The van der Waals surface area contributed by atoms with Gasteiger partial charge in [0.15, 0.2) is 5.82 Å². The predicted molar refractivity (Wildman–Crippen MR) is 53.4 cm³/mol. The molecule has 0 unspecified atom stereocenters. The lowest BCUT2D eigenvalue weighted by molar-refractivity contribution is 0.0697. The van der Waals surface area contributed by atoms with Gasteiger partial charge in [0.05, 0.1) is 5.56 Å². The van der Waals surface area contributed by atoms with Crippen molar-refractivity contribution >= 4 is 5.97 Å². The Hall–Kier alpha value is -2.17. The molecule has 0 atom stereocenters. The molecule has 15 heavy (non-hydrogen) atoms. The number of hydrogen-bond donors (Lipinski definition) is 1. The summed E-state index contributed by atoms with van der Waals surface area (Å²) in [5, 5.41) is 12.9. The van der Waals surface area contributed by atoms with Crippen LogP contribution in [0.4, 0.5) is 0 Å². The summed E-state index contributed by atoms with van der Waals surface area (Å²) in [6.07, 6.45) is 1.40. The lowest BCUT2D eigenvalue weighted by Gasteiger charge is -2.03. The second-order valence-corrected chi connectivity index (χ2v) is 3.06. The summed E-state index contributed by atoms with van der Waals surface area (Å²) < 4.78 is 1.54. The number of hydrogen-bond acceptors (Lipinski definition) is 3. The second kappa shape index (κ2) is 3.53. The normalized spacial score (nSPS) is 10.2. The molecule has 0 saturated heterocycles. The monoisotopic (exact) mass is 203 g/mol. The van der Waals surface area contributed by atoms with Crippen molar-refractivity contribution in [1.29, 1.82) is 0 Å². The zero-order valence-corrected chi connectivity index (χ0v) is 8.08. The van der Waals surface area contributed by atoms with Crippen molar-refractivity contribution in [3.05, 3.63) is 36.2 Å². The number of aryl methyl sites for hydroxylation is 1. The molecule has 0 bridgehead atoms. The maximum absolute atomic E-state index is 11.0. The van der Waals surface area contributed by atoms with Gasteiger partial charge in [0.1, 0.15) is 6.33 Å². The van der Waals surface area contributed by atoms with Gasteiger partial charge in [-0.2, -0.15) is 5.10 Å². The number of carboxylic acid groups (broad SMARTS) is 1. The van der Waals surface area contributed by atoms with Gasteiger partial charge in [0.25, 0.3) is 0 Å². The van der Waals surface area contributed by atoms with Crippen molar-refractivity contribution < 1.29 is 9.90 Å². The van der Waals surface area contributed by atoms with E-state index in [1.165, 1.54) is 6.33 Å². The van der Waals surface area contributed by atoms with Crippen molar-refractivity contribution in [1.82, 2.24) is 14.8 Å². The SMILES string of the molecule is Cn1ncnc1-c1ccccc1C(=O)O. The van der Waals surface area contributed by atoms with Crippen molar-refractivity contribution in [2.24, 2.45) is 7.05 Å². The molecule has 5 nitrogen and oxygen atoms in total. The fourth-order valence-electron chi connectivity index (χ4n) is 1.40. The van der Waals surface area contributed by atoms with Gasteiger partial charge in [-0.05, 0) is 6.07 Å². The summed E-state index contributed by atoms with van der Waals surface area (Å²) >= 11 is 0. The van der Waals surface area contributed by atoms with Crippen molar-refractivity contribution in [2.75, 3.05) is 0 Å². The van der Waals surface area contributed by atoms with E-state index in [0.29, 0.717) is 11.4 Å². The van der Waals surface area contributed by atoms with E-state index in [0.717, 1.165) is 0 Å². The van der Waals surface area contributed by atoms with Crippen LogP contribution in [0.15, 0.2) is 30.6 Å². The first-order valence-corrected chi connectivity index (χ1v) is 4.37. The molecule has 0 fully saturated rings. The van der Waals surface area contributed by atoms with E-state index in [9.17, 15) is 4.79 Å². The summed E-state index contributed by atoms with van der Waals surface area (Å²) in [5.41, 5.74) is 0.804. The summed E-state index contributed by atoms with van der Waals surface area (Å²) in [7, 11) is 1.72. The molecule has 0 aliphatic carbocycles. The zero-order valence-electron chi connectivity index (χ0n) is 8.08. The summed E-state index contributed by atoms with van der Waals surface area (Å²) in [6, 6.07) is 6.72. The van der Waals surface area contributed by atoms with Gasteiger partial charge in [-0.25, -0.2) is 14.5 Å². The molecule has 0 aliphatic rings. The Morgan fingerprint density at radius 1 is 1.40 bits per heavy atom. The minimum atomic E-state index is -0.964. The van der Waals surface area contributed by atoms with Crippen LogP contribution >= 0.6 is 0 Å². The summed E-state index contributed by atoms with van der Waals surface area (Å²) in [4.78, 5) is 15.0. The minimum Gasteiger partial charge on any atom is -0.478 e. The summed E-state index contributed by atoms with van der Waals surface area (Å²) in [6.45, 7) is 0. The van der Waals surface area contributed by atoms with E-state index >= 15 is 0 Å². The van der Waals surface area contributed by atoms with Gasteiger partial charge in [0.2, 0.25) is 0 Å². The van der Waals surface area contributed by atoms with Crippen molar-refractivity contribution in [2.45, 2.75) is 0 Å². The topological polar surface area (TPSA) is 68.0 Å². The van der Waals surface area contributed by atoms with Gasteiger partial charge in [0, 0.05) is 12.6 Å². The third-order valence-electron chi connectivity index (χ3n) is 2.11. The molecule has 0 aliphatic heterocycles. The maximum Gasteiger partial charge on any atom is 0.336 e. The molecule has 1 aromatic heterocycles. The summed E-state index contributed by atoms with van der Waals surface area (Å²) in [5.74, 6) is -0.415. The largest absolute Gasteiger partial charge is 0.478 e. The van der Waals surface area contributed by atoms with Gasteiger partial charge in [-0.3, -0.25) is 0 Å². The number of carboxylic acids is 1. The lowest BCUT2D eigenvalue weighted by Crippen LogP contribution is -2.02.